The molecule has 0 saturated heterocycles. The average Bonchev–Trinajstić information content (AvgIpc) is 2.32. The minimum Gasteiger partial charge on any atom is -0.334 e. The normalized spacial score (nSPS) is 13.5. The van der Waals surface area contributed by atoms with Crippen LogP contribution in [-0.2, 0) is 7.05 Å². The molecule has 0 aromatic carbocycles. The SMILES string of the molecule is Cc1cnc(C(N)CN)n1C. The van der Waals surface area contributed by atoms with Crippen molar-refractivity contribution in [3.05, 3.63) is 17.7 Å². The monoisotopic (exact) mass is 154 g/mol. The molecule has 4 heteroatoms. The van der Waals surface area contributed by atoms with Crippen molar-refractivity contribution in [1.82, 2.24) is 9.55 Å². The summed E-state index contributed by atoms with van der Waals surface area (Å²) in [7, 11) is 1.94. The third-order valence-corrected chi connectivity index (χ3v) is 1.84. The van der Waals surface area contributed by atoms with Gasteiger partial charge in [-0.15, -0.1) is 0 Å². The van der Waals surface area contributed by atoms with Crippen molar-refractivity contribution in [2.75, 3.05) is 6.54 Å². The molecule has 1 aromatic heterocycles. The summed E-state index contributed by atoms with van der Waals surface area (Å²) in [5.74, 6) is 0.852. The standard InChI is InChI=1S/C7H14N4/c1-5-4-10-7(11(5)2)6(9)3-8/h4,6H,3,8-9H2,1-2H3. The van der Waals surface area contributed by atoms with Gasteiger partial charge in [0.15, 0.2) is 0 Å². The Morgan fingerprint density at radius 2 is 2.36 bits per heavy atom. The molecule has 0 spiro atoms. The largest absolute Gasteiger partial charge is 0.334 e. The highest BCUT2D eigenvalue weighted by molar-refractivity contribution is 5.06. The van der Waals surface area contributed by atoms with Gasteiger partial charge in [0.05, 0.1) is 6.04 Å². The molecule has 0 saturated carbocycles. The topological polar surface area (TPSA) is 69.9 Å². The van der Waals surface area contributed by atoms with Crippen molar-refractivity contribution < 1.29 is 0 Å². The Balaban J connectivity index is 2.94. The van der Waals surface area contributed by atoms with Crippen LogP contribution in [-0.4, -0.2) is 16.1 Å². The highest BCUT2D eigenvalue weighted by atomic mass is 15.1. The van der Waals surface area contributed by atoms with Crippen molar-refractivity contribution in [1.29, 1.82) is 0 Å². The lowest BCUT2D eigenvalue weighted by Crippen LogP contribution is -2.24. The first-order chi connectivity index (χ1) is 5.16. The zero-order chi connectivity index (χ0) is 8.43. The van der Waals surface area contributed by atoms with Crippen molar-refractivity contribution >= 4 is 0 Å². The van der Waals surface area contributed by atoms with Crippen molar-refractivity contribution in [2.24, 2.45) is 18.5 Å². The second-order valence-corrected chi connectivity index (χ2v) is 2.66. The molecule has 0 aliphatic rings. The quantitative estimate of drug-likeness (QED) is 0.613. The zero-order valence-electron chi connectivity index (χ0n) is 6.91. The number of aryl methyl sites for hydroxylation is 1. The predicted molar refractivity (Wildman–Crippen MR) is 43.9 cm³/mol. The van der Waals surface area contributed by atoms with Crippen LogP contribution in [0.2, 0.25) is 0 Å². The Morgan fingerprint density at radius 1 is 1.73 bits per heavy atom. The first-order valence-electron chi connectivity index (χ1n) is 3.60. The van der Waals surface area contributed by atoms with Crippen molar-refractivity contribution in [3.8, 4) is 0 Å². The number of nitrogens with two attached hydrogens (primary N) is 2. The van der Waals surface area contributed by atoms with Crippen LogP contribution in [0.25, 0.3) is 0 Å². The number of nitrogens with zero attached hydrogens (tertiary/aromatic N) is 2. The minimum absolute atomic E-state index is 0.145. The summed E-state index contributed by atoms with van der Waals surface area (Å²) in [5, 5.41) is 0. The van der Waals surface area contributed by atoms with Crippen LogP contribution in [0.1, 0.15) is 17.6 Å². The Kier molecular flexibility index (Phi) is 2.26. The number of imidazole rings is 1. The van der Waals surface area contributed by atoms with Crippen LogP contribution in [0.5, 0.6) is 0 Å². The van der Waals surface area contributed by atoms with Gasteiger partial charge in [-0.05, 0) is 6.92 Å². The van der Waals surface area contributed by atoms with Gasteiger partial charge < -0.3 is 16.0 Å². The molecule has 1 unspecified atom stereocenters. The van der Waals surface area contributed by atoms with E-state index in [1.807, 2.05) is 18.5 Å². The van der Waals surface area contributed by atoms with Crippen LogP contribution in [0, 0.1) is 6.92 Å². The third-order valence-electron chi connectivity index (χ3n) is 1.84. The smallest absolute Gasteiger partial charge is 0.126 e. The molecule has 0 amide bonds. The fraction of sp³-hybridized carbons (Fsp3) is 0.571. The highest BCUT2D eigenvalue weighted by Gasteiger charge is 2.09. The molecule has 4 nitrogen and oxygen atoms in total. The Morgan fingerprint density at radius 3 is 2.73 bits per heavy atom. The molecule has 0 radical (unpaired) electrons. The van der Waals surface area contributed by atoms with E-state index in [-0.39, 0.29) is 6.04 Å². The third kappa shape index (κ3) is 1.41. The van der Waals surface area contributed by atoms with Gasteiger partial charge in [-0.25, -0.2) is 4.98 Å². The fourth-order valence-electron chi connectivity index (χ4n) is 0.963. The predicted octanol–water partition coefficient (Wildman–Crippen LogP) is -0.313. The van der Waals surface area contributed by atoms with E-state index in [0.717, 1.165) is 11.5 Å². The maximum atomic E-state index is 5.70. The van der Waals surface area contributed by atoms with Crippen LogP contribution < -0.4 is 11.5 Å². The molecule has 11 heavy (non-hydrogen) atoms. The second-order valence-electron chi connectivity index (χ2n) is 2.66. The van der Waals surface area contributed by atoms with Crippen LogP contribution >= 0.6 is 0 Å². The van der Waals surface area contributed by atoms with Gasteiger partial charge in [0.25, 0.3) is 0 Å². The van der Waals surface area contributed by atoms with E-state index in [4.69, 9.17) is 11.5 Å². The lowest BCUT2D eigenvalue weighted by atomic mass is 10.3. The summed E-state index contributed by atoms with van der Waals surface area (Å²) in [4.78, 5) is 4.14. The van der Waals surface area contributed by atoms with Crippen LogP contribution in [0.3, 0.4) is 0 Å². The summed E-state index contributed by atoms with van der Waals surface area (Å²) < 4.78 is 1.96. The average molecular weight is 154 g/mol. The molecule has 1 heterocycles. The van der Waals surface area contributed by atoms with Crippen molar-refractivity contribution in [3.63, 3.8) is 0 Å². The van der Waals surface area contributed by atoms with Gasteiger partial charge >= 0.3 is 0 Å². The zero-order valence-corrected chi connectivity index (χ0v) is 6.91. The van der Waals surface area contributed by atoms with E-state index >= 15 is 0 Å². The molecule has 0 bridgehead atoms. The van der Waals surface area contributed by atoms with E-state index in [2.05, 4.69) is 4.98 Å². The number of rotatable bonds is 2. The summed E-state index contributed by atoms with van der Waals surface area (Å²) in [6.07, 6.45) is 1.80. The van der Waals surface area contributed by atoms with Crippen LogP contribution in [0.15, 0.2) is 6.20 Å². The lowest BCUT2D eigenvalue weighted by Gasteiger charge is -2.08. The van der Waals surface area contributed by atoms with Gasteiger partial charge in [0, 0.05) is 25.5 Å². The number of hydrogen-bond donors (Lipinski definition) is 2. The second kappa shape index (κ2) is 3.02. The maximum absolute atomic E-state index is 5.70. The molecule has 1 atom stereocenters. The van der Waals surface area contributed by atoms with Crippen molar-refractivity contribution in [2.45, 2.75) is 13.0 Å². The summed E-state index contributed by atoms with van der Waals surface area (Å²) in [6.45, 7) is 2.42. The fourth-order valence-corrected chi connectivity index (χ4v) is 0.963. The van der Waals surface area contributed by atoms with E-state index < -0.39 is 0 Å². The maximum Gasteiger partial charge on any atom is 0.126 e. The lowest BCUT2D eigenvalue weighted by molar-refractivity contribution is 0.638. The van der Waals surface area contributed by atoms with E-state index in [1.54, 1.807) is 6.20 Å². The van der Waals surface area contributed by atoms with E-state index in [0.29, 0.717) is 6.54 Å². The van der Waals surface area contributed by atoms with E-state index in [9.17, 15) is 0 Å². The summed E-state index contributed by atoms with van der Waals surface area (Å²) in [6, 6.07) is -0.145. The number of aromatic nitrogens is 2. The van der Waals surface area contributed by atoms with Gasteiger partial charge in [-0.1, -0.05) is 0 Å². The number of hydrogen-bond acceptors (Lipinski definition) is 3. The highest BCUT2D eigenvalue weighted by Crippen LogP contribution is 2.07. The molecule has 1 aromatic rings. The molecule has 0 aliphatic heterocycles. The Hall–Kier alpha value is -0.870. The van der Waals surface area contributed by atoms with Crippen LogP contribution in [0.4, 0.5) is 0 Å². The Bertz CT molecular complexity index is 241. The molecule has 1 rings (SSSR count). The summed E-state index contributed by atoms with van der Waals surface area (Å²) >= 11 is 0. The van der Waals surface area contributed by atoms with E-state index in [1.165, 1.54) is 0 Å². The van der Waals surface area contributed by atoms with Gasteiger partial charge in [-0.2, -0.15) is 0 Å². The molecule has 4 N–H and O–H groups in total. The molecule has 62 valence electrons. The molecule has 0 aliphatic carbocycles. The first kappa shape index (κ1) is 8.23. The molecular weight excluding hydrogens is 140 g/mol. The summed E-state index contributed by atoms with van der Waals surface area (Å²) in [5.41, 5.74) is 12.2. The Labute approximate surface area is 66.2 Å². The van der Waals surface area contributed by atoms with Gasteiger partial charge in [0.2, 0.25) is 0 Å². The minimum atomic E-state index is -0.145. The molecule has 0 fully saturated rings. The molecular formula is C7H14N4. The van der Waals surface area contributed by atoms with Gasteiger partial charge in [-0.3, -0.25) is 0 Å². The first-order valence-corrected chi connectivity index (χ1v) is 3.60. The van der Waals surface area contributed by atoms with Gasteiger partial charge in [0.1, 0.15) is 5.82 Å².